The summed E-state index contributed by atoms with van der Waals surface area (Å²) in [6, 6.07) is 20.4. The van der Waals surface area contributed by atoms with Crippen molar-refractivity contribution in [2.75, 3.05) is 26.2 Å². The van der Waals surface area contributed by atoms with Gasteiger partial charge in [0.2, 0.25) is 5.89 Å². The number of fused-ring (bicyclic) bond motifs is 2. The van der Waals surface area contributed by atoms with E-state index in [4.69, 9.17) is 9.15 Å². The van der Waals surface area contributed by atoms with Crippen molar-refractivity contribution in [3.8, 4) is 17.2 Å². The van der Waals surface area contributed by atoms with E-state index in [2.05, 4.69) is 40.2 Å². The highest BCUT2D eigenvalue weighted by Crippen LogP contribution is 2.29. The van der Waals surface area contributed by atoms with E-state index in [1.807, 2.05) is 30.3 Å². The summed E-state index contributed by atoms with van der Waals surface area (Å²) < 4.78 is 11.9. The Kier molecular flexibility index (Phi) is 6.02. The monoisotopic (exact) mass is 408 g/mol. The molecule has 4 aromatic rings. The maximum Gasteiger partial charge on any atom is 0.227 e. The molecule has 4 nitrogen and oxygen atoms in total. The average molecular weight is 409 g/mol. The zero-order valence-electron chi connectivity index (χ0n) is 16.3. The first kappa shape index (κ1) is 19.7. The summed E-state index contributed by atoms with van der Waals surface area (Å²) in [4.78, 5) is 7.09. The standard InChI is InChI=1S/C24H24N2O2.ClH/c1-4-12-26(13-5-1)14-15-27-21-11-10-18-16-20(9-8-19(18)17-21)24-25-22-6-2-3-7-23(22)28-24;/h2-3,6-11,16-17H,1,4-5,12-15H2;1H. The predicted octanol–water partition coefficient (Wildman–Crippen LogP) is 5.93. The van der Waals surface area contributed by atoms with Gasteiger partial charge in [0.05, 0.1) is 0 Å². The molecule has 150 valence electrons. The number of para-hydroxylation sites is 2. The van der Waals surface area contributed by atoms with Gasteiger partial charge in [0.25, 0.3) is 0 Å². The summed E-state index contributed by atoms with van der Waals surface area (Å²) in [6.45, 7) is 4.17. The Balaban J connectivity index is 0.00000205. The maximum atomic E-state index is 6.00. The number of piperidine rings is 1. The van der Waals surface area contributed by atoms with E-state index in [0.29, 0.717) is 5.89 Å². The fraction of sp³-hybridized carbons (Fsp3) is 0.292. The van der Waals surface area contributed by atoms with Crippen LogP contribution in [0, 0.1) is 0 Å². The molecule has 0 unspecified atom stereocenters. The van der Waals surface area contributed by atoms with Crippen LogP contribution in [0.5, 0.6) is 5.75 Å². The lowest BCUT2D eigenvalue weighted by atomic mass is 10.1. The number of oxazole rings is 1. The minimum Gasteiger partial charge on any atom is -0.492 e. The molecule has 0 radical (unpaired) electrons. The molecule has 5 heteroatoms. The van der Waals surface area contributed by atoms with Crippen molar-refractivity contribution in [3.63, 3.8) is 0 Å². The highest BCUT2D eigenvalue weighted by Gasteiger charge is 2.11. The molecule has 29 heavy (non-hydrogen) atoms. The van der Waals surface area contributed by atoms with Crippen LogP contribution >= 0.6 is 12.4 Å². The van der Waals surface area contributed by atoms with E-state index in [0.717, 1.165) is 46.3 Å². The summed E-state index contributed by atoms with van der Waals surface area (Å²) >= 11 is 0. The molecule has 1 aliphatic rings. The number of halogens is 1. The molecule has 5 rings (SSSR count). The van der Waals surface area contributed by atoms with Gasteiger partial charge in [-0.1, -0.05) is 30.7 Å². The number of nitrogens with zero attached hydrogens (tertiary/aromatic N) is 2. The Labute approximate surface area is 176 Å². The van der Waals surface area contributed by atoms with Crippen LogP contribution in [0.15, 0.2) is 65.1 Å². The molecule has 1 saturated heterocycles. The number of hydrogen-bond acceptors (Lipinski definition) is 4. The fourth-order valence-corrected chi connectivity index (χ4v) is 3.92. The van der Waals surface area contributed by atoms with E-state index in [-0.39, 0.29) is 12.4 Å². The fourth-order valence-electron chi connectivity index (χ4n) is 3.92. The lowest BCUT2D eigenvalue weighted by Crippen LogP contribution is -2.33. The molecule has 2 heterocycles. The lowest BCUT2D eigenvalue weighted by molar-refractivity contribution is 0.183. The molecule has 3 aromatic carbocycles. The van der Waals surface area contributed by atoms with Crippen molar-refractivity contribution in [3.05, 3.63) is 60.7 Å². The van der Waals surface area contributed by atoms with Gasteiger partial charge >= 0.3 is 0 Å². The first-order valence-corrected chi connectivity index (χ1v) is 10.1. The van der Waals surface area contributed by atoms with Crippen molar-refractivity contribution < 1.29 is 9.15 Å². The van der Waals surface area contributed by atoms with E-state index in [9.17, 15) is 0 Å². The zero-order chi connectivity index (χ0) is 18.8. The van der Waals surface area contributed by atoms with Crippen LogP contribution in [0.25, 0.3) is 33.3 Å². The second kappa shape index (κ2) is 8.85. The lowest BCUT2D eigenvalue weighted by Gasteiger charge is -2.26. The molecule has 0 spiro atoms. The van der Waals surface area contributed by atoms with E-state index in [1.54, 1.807) is 0 Å². The molecule has 1 aliphatic heterocycles. The Morgan fingerprint density at radius 3 is 2.55 bits per heavy atom. The van der Waals surface area contributed by atoms with E-state index in [1.165, 1.54) is 32.4 Å². The van der Waals surface area contributed by atoms with Gasteiger partial charge in [-0.3, -0.25) is 4.90 Å². The van der Waals surface area contributed by atoms with Crippen LogP contribution in [0.2, 0.25) is 0 Å². The van der Waals surface area contributed by atoms with Gasteiger partial charge in [-0.15, -0.1) is 12.4 Å². The highest BCUT2D eigenvalue weighted by molar-refractivity contribution is 5.88. The van der Waals surface area contributed by atoms with Crippen molar-refractivity contribution >= 4 is 34.3 Å². The predicted molar refractivity (Wildman–Crippen MR) is 120 cm³/mol. The molecule has 0 aliphatic carbocycles. The number of benzene rings is 3. The third-order valence-electron chi connectivity index (χ3n) is 5.48. The van der Waals surface area contributed by atoms with Crippen LogP contribution in [0.4, 0.5) is 0 Å². The molecule has 0 bridgehead atoms. The zero-order valence-corrected chi connectivity index (χ0v) is 17.2. The second-order valence-electron chi connectivity index (χ2n) is 7.46. The van der Waals surface area contributed by atoms with E-state index >= 15 is 0 Å². The van der Waals surface area contributed by atoms with Crippen molar-refractivity contribution in [2.24, 2.45) is 0 Å². The third kappa shape index (κ3) is 4.39. The Morgan fingerprint density at radius 2 is 1.69 bits per heavy atom. The van der Waals surface area contributed by atoms with Crippen molar-refractivity contribution in [2.45, 2.75) is 19.3 Å². The van der Waals surface area contributed by atoms with Crippen LogP contribution in [0.3, 0.4) is 0 Å². The minimum absolute atomic E-state index is 0. The normalized spacial score (nSPS) is 14.8. The van der Waals surface area contributed by atoms with Gasteiger partial charge in [-0.25, -0.2) is 4.98 Å². The van der Waals surface area contributed by atoms with Crippen molar-refractivity contribution in [1.82, 2.24) is 9.88 Å². The molecule has 1 fully saturated rings. The average Bonchev–Trinajstić information content (AvgIpc) is 3.18. The van der Waals surface area contributed by atoms with Gasteiger partial charge in [-0.2, -0.15) is 0 Å². The number of likely N-dealkylation sites (tertiary alicyclic amines) is 1. The number of rotatable bonds is 5. The molecular formula is C24H25ClN2O2. The quantitative estimate of drug-likeness (QED) is 0.410. The van der Waals surface area contributed by atoms with Crippen LogP contribution in [-0.4, -0.2) is 36.1 Å². The highest BCUT2D eigenvalue weighted by atomic mass is 35.5. The van der Waals surface area contributed by atoms with E-state index < -0.39 is 0 Å². The van der Waals surface area contributed by atoms with Gasteiger partial charge < -0.3 is 9.15 Å². The van der Waals surface area contributed by atoms with Crippen LogP contribution in [0.1, 0.15) is 19.3 Å². The first-order valence-electron chi connectivity index (χ1n) is 10.1. The molecule has 0 atom stereocenters. The largest absolute Gasteiger partial charge is 0.492 e. The summed E-state index contributed by atoms with van der Waals surface area (Å²) in [6.07, 6.45) is 4.00. The summed E-state index contributed by atoms with van der Waals surface area (Å²) in [7, 11) is 0. The minimum atomic E-state index is 0. The second-order valence-corrected chi connectivity index (χ2v) is 7.46. The van der Waals surface area contributed by atoms with Crippen LogP contribution < -0.4 is 4.74 Å². The Hall–Kier alpha value is -2.56. The number of hydrogen-bond donors (Lipinski definition) is 0. The summed E-state index contributed by atoms with van der Waals surface area (Å²) in [5, 5.41) is 2.32. The topological polar surface area (TPSA) is 38.5 Å². The summed E-state index contributed by atoms with van der Waals surface area (Å²) in [5.74, 6) is 1.59. The number of ether oxygens (including phenoxy) is 1. The molecule has 0 amide bonds. The third-order valence-corrected chi connectivity index (χ3v) is 5.48. The maximum absolute atomic E-state index is 6.00. The molecular weight excluding hydrogens is 384 g/mol. The van der Waals surface area contributed by atoms with Gasteiger partial charge in [-0.05, 0) is 73.1 Å². The van der Waals surface area contributed by atoms with Gasteiger partial charge in [0.15, 0.2) is 5.58 Å². The molecule has 0 saturated carbocycles. The van der Waals surface area contributed by atoms with Crippen molar-refractivity contribution in [1.29, 1.82) is 0 Å². The Morgan fingerprint density at radius 1 is 0.897 bits per heavy atom. The van der Waals surface area contributed by atoms with Gasteiger partial charge in [0.1, 0.15) is 17.9 Å². The smallest absolute Gasteiger partial charge is 0.227 e. The van der Waals surface area contributed by atoms with Crippen LogP contribution in [-0.2, 0) is 0 Å². The first-order chi connectivity index (χ1) is 13.8. The molecule has 0 N–H and O–H groups in total. The molecule has 1 aromatic heterocycles. The summed E-state index contributed by atoms with van der Waals surface area (Å²) in [5.41, 5.74) is 2.69. The van der Waals surface area contributed by atoms with Gasteiger partial charge in [0, 0.05) is 12.1 Å². The SMILES string of the molecule is Cl.c1ccc2oc(-c3ccc4cc(OCCN5CCCCC5)ccc4c3)nc2c1. The Bertz CT molecular complexity index is 1070. The number of aromatic nitrogens is 1.